The molecule has 0 spiro atoms. The van der Waals surface area contributed by atoms with Crippen LogP contribution in [0.25, 0.3) is 0 Å². The van der Waals surface area contributed by atoms with Crippen molar-refractivity contribution >= 4 is 35.1 Å². The number of nitrogens with one attached hydrogen (secondary N) is 1. The molecule has 6 heteroatoms. The summed E-state index contributed by atoms with van der Waals surface area (Å²) in [7, 11) is 0. The Morgan fingerprint density at radius 1 is 1.37 bits per heavy atom. The van der Waals surface area contributed by atoms with Crippen molar-refractivity contribution in [3.8, 4) is 0 Å². The molecule has 0 radical (unpaired) electrons. The monoisotopic (exact) mass is 322 g/mol. The van der Waals surface area contributed by atoms with Crippen LogP contribution in [0.3, 0.4) is 0 Å². The molecule has 0 aromatic heterocycles. The second kappa shape index (κ2) is 8.66. The summed E-state index contributed by atoms with van der Waals surface area (Å²) in [6.07, 6.45) is 7.00. The van der Waals surface area contributed by atoms with Gasteiger partial charge in [0, 0.05) is 5.75 Å². The van der Waals surface area contributed by atoms with E-state index in [1.165, 1.54) is 25.7 Å². The van der Waals surface area contributed by atoms with Crippen molar-refractivity contribution in [2.24, 2.45) is 10.9 Å². The van der Waals surface area contributed by atoms with Crippen LogP contribution in [0.2, 0.25) is 0 Å². The van der Waals surface area contributed by atoms with Gasteiger partial charge in [-0.25, -0.2) is 0 Å². The lowest BCUT2D eigenvalue weighted by Gasteiger charge is -2.24. The normalized spacial score (nSPS) is 20.5. The Kier molecular flexibility index (Phi) is 7.97. The van der Waals surface area contributed by atoms with Crippen molar-refractivity contribution in [2.45, 2.75) is 65.5 Å². The van der Waals surface area contributed by atoms with E-state index in [2.05, 4.69) is 23.9 Å². The highest BCUT2D eigenvalue weighted by Crippen LogP contribution is 2.57. The minimum absolute atomic E-state index is 0.151. The molecular weight excluding hydrogens is 295 g/mol. The molecule has 1 aliphatic carbocycles. The Labute approximate surface area is 127 Å². The van der Waals surface area contributed by atoms with E-state index >= 15 is 0 Å². The Morgan fingerprint density at radius 3 is 2.53 bits per heavy atom. The lowest BCUT2D eigenvalue weighted by molar-refractivity contribution is 0.274. The molecule has 0 saturated heterocycles. The van der Waals surface area contributed by atoms with E-state index in [0.29, 0.717) is 12.0 Å². The third-order valence-corrected chi connectivity index (χ3v) is 8.60. The van der Waals surface area contributed by atoms with Gasteiger partial charge in [-0.3, -0.25) is 4.99 Å². The molecule has 0 aromatic carbocycles. The van der Waals surface area contributed by atoms with Crippen molar-refractivity contribution < 1.29 is 4.52 Å². The first-order valence-corrected chi connectivity index (χ1v) is 11.4. The number of nitrogens with zero attached hydrogens (tertiary/aromatic N) is 1. The van der Waals surface area contributed by atoms with E-state index < -0.39 is 5.62 Å². The highest BCUT2D eigenvalue weighted by molar-refractivity contribution is 8.68. The van der Waals surface area contributed by atoms with Gasteiger partial charge in [-0.05, 0) is 44.4 Å². The van der Waals surface area contributed by atoms with Gasteiger partial charge in [-0.2, -0.15) is 0 Å². The van der Waals surface area contributed by atoms with Crippen LogP contribution in [0.15, 0.2) is 4.99 Å². The molecule has 1 rings (SSSR count). The van der Waals surface area contributed by atoms with Crippen LogP contribution in [-0.2, 0) is 16.3 Å². The summed E-state index contributed by atoms with van der Waals surface area (Å²) in [6, 6.07) is 0.491. The average molecular weight is 322 g/mol. The van der Waals surface area contributed by atoms with Crippen LogP contribution in [-0.4, -0.2) is 24.2 Å². The van der Waals surface area contributed by atoms with E-state index in [1.54, 1.807) is 11.4 Å². The van der Waals surface area contributed by atoms with Crippen molar-refractivity contribution in [3.05, 3.63) is 0 Å². The quantitative estimate of drug-likeness (QED) is 0.403. The molecule has 0 heterocycles. The molecule has 1 aliphatic rings. The van der Waals surface area contributed by atoms with Crippen molar-refractivity contribution in [1.82, 2.24) is 5.09 Å². The van der Waals surface area contributed by atoms with Gasteiger partial charge < -0.3 is 9.61 Å². The zero-order valence-corrected chi connectivity index (χ0v) is 15.0. The standard InChI is InChI=1S/C13H27N2OPS2/c1-11(2)9-19-17(18,16-12(3)4)15-10-14-13-7-5-6-8-13/h10-13H,5-9H2,1-4H3,(H,14,15,18). The SMILES string of the molecule is CC(C)CSP(=S)(NC=NC1CCCC1)OC(C)C. The molecule has 19 heavy (non-hydrogen) atoms. The first-order chi connectivity index (χ1) is 8.91. The largest absolute Gasteiger partial charge is 0.324 e. The van der Waals surface area contributed by atoms with E-state index in [1.807, 2.05) is 20.2 Å². The maximum atomic E-state index is 5.94. The summed E-state index contributed by atoms with van der Waals surface area (Å²) in [6.45, 7) is 8.48. The smallest absolute Gasteiger partial charge is 0.211 e. The van der Waals surface area contributed by atoms with Crippen LogP contribution < -0.4 is 5.09 Å². The summed E-state index contributed by atoms with van der Waals surface area (Å²) < 4.78 is 5.94. The van der Waals surface area contributed by atoms with Crippen molar-refractivity contribution in [3.63, 3.8) is 0 Å². The van der Waals surface area contributed by atoms with E-state index in [9.17, 15) is 0 Å². The third-order valence-electron chi connectivity index (χ3n) is 2.75. The molecule has 0 amide bonds. The average Bonchev–Trinajstić information content (AvgIpc) is 2.78. The fraction of sp³-hybridized carbons (Fsp3) is 0.923. The fourth-order valence-corrected chi connectivity index (χ4v) is 7.09. The van der Waals surface area contributed by atoms with E-state index in [-0.39, 0.29) is 6.10 Å². The predicted molar refractivity (Wildman–Crippen MR) is 91.7 cm³/mol. The second-order valence-corrected chi connectivity index (χ2v) is 12.3. The summed E-state index contributed by atoms with van der Waals surface area (Å²) in [4.78, 5) is 4.57. The minimum atomic E-state index is -2.04. The van der Waals surface area contributed by atoms with Crippen LogP contribution in [0.5, 0.6) is 0 Å². The summed E-state index contributed by atoms with van der Waals surface area (Å²) in [5.41, 5.74) is -2.04. The third kappa shape index (κ3) is 7.69. The van der Waals surface area contributed by atoms with Gasteiger partial charge in [-0.1, -0.05) is 38.1 Å². The predicted octanol–water partition coefficient (Wildman–Crippen LogP) is 4.59. The molecule has 0 bridgehead atoms. The highest BCUT2D eigenvalue weighted by Gasteiger charge is 2.20. The summed E-state index contributed by atoms with van der Waals surface area (Å²) in [5, 5.41) is 3.28. The Morgan fingerprint density at radius 2 is 2.00 bits per heavy atom. The van der Waals surface area contributed by atoms with Gasteiger partial charge >= 0.3 is 0 Å². The highest BCUT2D eigenvalue weighted by atomic mass is 32.9. The number of hydrogen-bond acceptors (Lipinski definition) is 4. The minimum Gasteiger partial charge on any atom is -0.324 e. The van der Waals surface area contributed by atoms with Crippen molar-refractivity contribution in [2.75, 3.05) is 5.75 Å². The Bertz CT molecular complexity index is 329. The molecule has 1 atom stereocenters. The maximum Gasteiger partial charge on any atom is 0.211 e. The van der Waals surface area contributed by atoms with Crippen LogP contribution >= 0.6 is 17.0 Å². The Balaban J connectivity index is 2.49. The van der Waals surface area contributed by atoms with Crippen LogP contribution in [0.1, 0.15) is 53.4 Å². The number of aliphatic imine (C=N–C) groups is 1. The van der Waals surface area contributed by atoms with E-state index in [4.69, 9.17) is 16.3 Å². The van der Waals surface area contributed by atoms with Crippen LogP contribution in [0.4, 0.5) is 0 Å². The Hall–Kier alpha value is 0.430. The summed E-state index contributed by atoms with van der Waals surface area (Å²) >= 11 is 7.43. The maximum absolute atomic E-state index is 5.94. The van der Waals surface area contributed by atoms with Gasteiger partial charge in [0.05, 0.1) is 18.5 Å². The fourth-order valence-electron chi connectivity index (χ4n) is 1.89. The lowest BCUT2D eigenvalue weighted by Crippen LogP contribution is -2.14. The number of hydrogen-bond donors (Lipinski definition) is 1. The zero-order valence-electron chi connectivity index (χ0n) is 12.5. The van der Waals surface area contributed by atoms with Crippen LogP contribution in [0, 0.1) is 5.92 Å². The molecule has 1 fully saturated rings. The zero-order chi connectivity index (χ0) is 14.3. The van der Waals surface area contributed by atoms with Gasteiger partial charge in [0.15, 0.2) is 0 Å². The number of rotatable bonds is 8. The second-order valence-electron chi connectivity index (χ2n) is 5.69. The molecule has 1 saturated carbocycles. The molecular formula is C13H27N2OPS2. The first-order valence-electron chi connectivity index (χ1n) is 7.13. The molecule has 1 N–H and O–H groups in total. The van der Waals surface area contributed by atoms with Gasteiger partial charge in [0.1, 0.15) is 0 Å². The molecule has 1 unspecified atom stereocenters. The van der Waals surface area contributed by atoms with Gasteiger partial charge in [-0.15, -0.1) is 0 Å². The van der Waals surface area contributed by atoms with Gasteiger partial charge in [0.25, 0.3) is 0 Å². The molecule has 0 aliphatic heterocycles. The van der Waals surface area contributed by atoms with E-state index in [0.717, 1.165) is 5.75 Å². The molecule has 3 nitrogen and oxygen atoms in total. The van der Waals surface area contributed by atoms with Gasteiger partial charge in [0.2, 0.25) is 5.62 Å². The first kappa shape index (κ1) is 17.5. The summed E-state index contributed by atoms with van der Waals surface area (Å²) in [5.74, 6) is 1.64. The molecule has 112 valence electrons. The topological polar surface area (TPSA) is 33.6 Å². The van der Waals surface area contributed by atoms with Crippen molar-refractivity contribution in [1.29, 1.82) is 0 Å². The molecule has 0 aromatic rings. The lowest BCUT2D eigenvalue weighted by atomic mass is 10.3.